The lowest BCUT2D eigenvalue weighted by atomic mass is 10.0. The first kappa shape index (κ1) is 19.9. The largest absolute Gasteiger partial charge is 0.481 e. The van der Waals surface area contributed by atoms with E-state index in [-0.39, 0.29) is 18.2 Å². The fraction of sp³-hybridized carbons (Fsp3) is 0.348. The topological polar surface area (TPSA) is 92.9 Å². The number of nitrogens with one attached hydrogen (secondary N) is 1. The number of carboxylic acids is 1. The van der Waals surface area contributed by atoms with Crippen molar-refractivity contribution in [2.75, 3.05) is 0 Å². The van der Waals surface area contributed by atoms with Gasteiger partial charge in [-0.05, 0) is 44.0 Å². The number of pyridine rings is 1. The quantitative estimate of drug-likeness (QED) is 0.475. The molecule has 7 nitrogen and oxygen atoms in total. The van der Waals surface area contributed by atoms with Crippen molar-refractivity contribution in [2.45, 2.75) is 52.1 Å². The van der Waals surface area contributed by atoms with Crippen molar-refractivity contribution in [2.24, 2.45) is 0 Å². The van der Waals surface area contributed by atoms with E-state index < -0.39 is 12.0 Å². The molecule has 2 N–H and O–H groups in total. The zero-order valence-electron chi connectivity index (χ0n) is 17.4. The minimum Gasteiger partial charge on any atom is -0.481 e. The van der Waals surface area contributed by atoms with Crippen LogP contribution >= 0.6 is 0 Å². The van der Waals surface area contributed by atoms with Crippen molar-refractivity contribution in [3.05, 3.63) is 64.3 Å². The van der Waals surface area contributed by atoms with Gasteiger partial charge in [0.2, 0.25) is 0 Å². The Balaban J connectivity index is 1.94. The SMILES string of the molecule is CCCC(CC(=O)O)n1c(=O)n([C@@H](C)c2c[nH]c3cccc(C)c23)c2cccnc21. The molecule has 156 valence electrons. The second-order valence-corrected chi connectivity index (χ2v) is 7.83. The zero-order chi connectivity index (χ0) is 21.4. The number of aromatic nitrogens is 4. The Morgan fingerprint density at radius 3 is 2.77 bits per heavy atom. The highest BCUT2D eigenvalue weighted by atomic mass is 16.4. The van der Waals surface area contributed by atoms with Gasteiger partial charge in [-0.25, -0.2) is 9.78 Å². The van der Waals surface area contributed by atoms with Gasteiger partial charge in [-0.3, -0.25) is 13.9 Å². The van der Waals surface area contributed by atoms with E-state index in [9.17, 15) is 14.7 Å². The number of rotatable bonds is 7. The smallest absolute Gasteiger partial charge is 0.331 e. The Morgan fingerprint density at radius 1 is 1.23 bits per heavy atom. The van der Waals surface area contributed by atoms with E-state index in [0.29, 0.717) is 17.6 Å². The standard InChI is InChI=1S/C23H26N4O3/c1-4-7-16(12-20(28)29)27-22-19(10-6-11-24-22)26(23(27)30)15(3)17-13-25-18-9-5-8-14(2)21(17)18/h5-6,8-11,13,15-16,25H,4,7,12H2,1-3H3,(H,28,29)/t15-,16?/m0/s1. The molecule has 0 aliphatic carbocycles. The van der Waals surface area contributed by atoms with Crippen molar-refractivity contribution in [3.63, 3.8) is 0 Å². The highest BCUT2D eigenvalue weighted by Gasteiger charge is 2.26. The molecule has 0 saturated carbocycles. The molecule has 0 saturated heterocycles. The number of H-pyrrole nitrogens is 1. The van der Waals surface area contributed by atoms with Gasteiger partial charge in [-0.15, -0.1) is 0 Å². The average molecular weight is 406 g/mol. The van der Waals surface area contributed by atoms with Gasteiger partial charge >= 0.3 is 11.7 Å². The highest BCUT2D eigenvalue weighted by molar-refractivity contribution is 5.87. The van der Waals surface area contributed by atoms with Crippen LogP contribution in [0, 0.1) is 6.92 Å². The van der Waals surface area contributed by atoms with E-state index in [4.69, 9.17) is 0 Å². The van der Waals surface area contributed by atoms with Gasteiger partial charge in [-0.2, -0.15) is 0 Å². The number of aromatic amines is 1. The van der Waals surface area contributed by atoms with Gasteiger partial charge in [0.25, 0.3) is 0 Å². The molecule has 0 fully saturated rings. The lowest BCUT2D eigenvalue weighted by molar-refractivity contribution is -0.137. The molecule has 1 aromatic carbocycles. The second-order valence-electron chi connectivity index (χ2n) is 7.83. The first-order valence-electron chi connectivity index (χ1n) is 10.3. The van der Waals surface area contributed by atoms with Crippen molar-refractivity contribution in [1.29, 1.82) is 0 Å². The molecule has 4 aromatic rings. The average Bonchev–Trinajstić information content (AvgIpc) is 3.26. The summed E-state index contributed by atoms with van der Waals surface area (Å²) >= 11 is 0. The van der Waals surface area contributed by atoms with Gasteiger partial charge in [0.05, 0.1) is 24.0 Å². The molecule has 0 amide bonds. The van der Waals surface area contributed by atoms with Crippen LogP contribution in [-0.4, -0.2) is 30.2 Å². The van der Waals surface area contributed by atoms with Crippen LogP contribution in [0.4, 0.5) is 0 Å². The third-order valence-corrected chi connectivity index (χ3v) is 5.85. The number of hydrogen-bond acceptors (Lipinski definition) is 3. The number of fused-ring (bicyclic) bond motifs is 2. The number of carbonyl (C=O) groups is 1. The minimum absolute atomic E-state index is 0.107. The first-order valence-corrected chi connectivity index (χ1v) is 10.3. The number of imidazole rings is 1. The van der Waals surface area contributed by atoms with E-state index >= 15 is 0 Å². The normalized spacial score (nSPS) is 13.7. The first-order chi connectivity index (χ1) is 14.4. The molecule has 0 bridgehead atoms. The molecular formula is C23H26N4O3. The maximum absolute atomic E-state index is 13.6. The van der Waals surface area contributed by atoms with Gasteiger partial charge in [0, 0.05) is 28.9 Å². The molecule has 0 radical (unpaired) electrons. The van der Waals surface area contributed by atoms with Gasteiger partial charge in [-0.1, -0.05) is 25.5 Å². The van der Waals surface area contributed by atoms with Crippen LogP contribution in [0.3, 0.4) is 0 Å². The van der Waals surface area contributed by atoms with Crippen LogP contribution in [0.2, 0.25) is 0 Å². The van der Waals surface area contributed by atoms with Gasteiger partial charge in [0.15, 0.2) is 5.65 Å². The fourth-order valence-corrected chi connectivity index (χ4v) is 4.50. The molecule has 2 atom stereocenters. The van der Waals surface area contributed by atoms with Crippen LogP contribution in [0.25, 0.3) is 22.1 Å². The Bertz CT molecular complexity index is 1280. The van der Waals surface area contributed by atoms with E-state index in [1.54, 1.807) is 15.3 Å². The van der Waals surface area contributed by atoms with Crippen LogP contribution in [0.5, 0.6) is 0 Å². The van der Waals surface area contributed by atoms with E-state index in [1.807, 2.05) is 44.3 Å². The molecule has 0 spiro atoms. The molecule has 0 aliphatic rings. The molecule has 4 rings (SSSR count). The van der Waals surface area contributed by atoms with E-state index in [0.717, 1.165) is 28.5 Å². The summed E-state index contributed by atoms with van der Waals surface area (Å²) in [6.45, 7) is 6.05. The number of hydrogen-bond donors (Lipinski definition) is 2. The number of aliphatic carboxylic acids is 1. The summed E-state index contributed by atoms with van der Waals surface area (Å²) in [4.78, 5) is 32.9. The summed E-state index contributed by atoms with van der Waals surface area (Å²) in [6.07, 6.45) is 4.87. The molecular weight excluding hydrogens is 380 g/mol. The third-order valence-electron chi connectivity index (χ3n) is 5.85. The summed E-state index contributed by atoms with van der Waals surface area (Å²) in [5.41, 5.74) is 4.22. The summed E-state index contributed by atoms with van der Waals surface area (Å²) in [5.74, 6) is -0.919. The number of aryl methyl sites for hydroxylation is 1. The molecule has 30 heavy (non-hydrogen) atoms. The van der Waals surface area contributed by atoms with Crippen molar-refractivity contribution >= 4 is 28.0 Å². The lowest BCUT2D eigenvalue weighted by Crippen LogP contribution is -2.30. The minimum atomic E-state index is -0.919. The summed E-state index contributed by atoms with van der Waals surface area (Å²) in [5, 5.41) is 10.5. The third kappa shape index (κ3) is 3.20. The Morgan fingerprint density at radius 2 is 2.03 bits per heavy atom. The van der Waals surface area contributed by atoms with Crippen LogP contribution < -0.4 is 5.69 Å². The van der Waals surface area contributed by atoms with E-state index in [1.165, 1.54) is 0 Å². The van der Waals surface area contributed by atoms with Gasteiger partial charge in [0.1, 0.15) is 0 Å². The molecule has 3 heterocycles. The zero-order valence-corrected chi connectivity index (χ0v) is 17.4. The van der Waals surface area contributed by atoms with Crippen molar-refractivity contribution in [1.82, 2.24) is 19.1 Å². The predicted molar refractivity (Wildman–Crippen MR) is 117 cm³/mol. The monoisotopic (exact) mass is 406 g/mol. The predicted octanol–water partition coefficient (Wildman–Crippen LogP) is 4.41. The lowest BCUT2D eigenvalue weighted by Gasteiger charge is -2.16. The van der Waals surface area contributed by atoms with Crippen LogP contribution in [0.1, 0.15) is 56.3 Å². The number of carboxylic acid groups (broad SMARTS) is 1. The summed E-state index contributed by atoms with van der Waals surface area (Å²) in [6, 6.07) is 9.10. The molecule has 0 aliphatic heterocycles. The number of benzene rings is 1. The molecule has 7 heteroatoms. The Kier molecular flexibility index (Phi) is 5.20. The van der Waals surface area contributed by atoms with Crippen LogP contribution in [0.15, 0.2) is 47.5 Å². The maximum Gasteiger partial charge on any atom is 0.331 e. The molecule has 1 unspecified atom stereocenters. The van der Waals surface area contributed by atoms with Gasteiger partial charge < -0.3 is 10.1 Å². The van der Waals surface area contributed by atoms with Crippen molar-refractivity contribution < 1.29 is 9.90 Å². The Labute approximate surface area is 174 Å². The number of nitrogens with zero attached hydrogens (tertiary/aromatic N) is 3. The highest BCUT2D eigenvalue weighted by Crippen LogP contribution is 2.31. The van der Waals surface area contributed by atoms with Crippen LogP contribution in [-0.2, 0) is 4.79 Å². The van der Waals surface area contributed by atoms with E-state index in [2.05, 4.69) is 23.0 Å². The van der Waals surface area contributed by atoms with Crippen molar-refractivity contribution in [3.8, 4) is 0 Å². The fourth-order valence-electron chi connectivity index (χ4n) is 4.50. The second kappa shape index (κ2) is 7.82. The summed E-state index contributed by atoms with van der Waals surface area (Å²) in [7, 11) is 0. The maximum atomic E-state index is 13.6. The molecule has 3 aromatic heterocycles. The summed E-state index contributed by atoms with van der Waals surface area (Å²) < 4.78 is 3.31. The Hall–Kier alpha value is -3.35.